The predicted octanol–water partition coefficient (Wildman–Crippen LogP) is 1.05. The molecule has 0 radical (unpaired) electrons. The summed E-state index contributed by atoms with van der Waals surface area (Å²) in [4.78, 5) is 3.44. The molecule has 0 unspecified atom stereocenters. The Bertz CT molecular complexity index is 211. The average Bonchev–Trinajstić information content (AvgIpc) is 2.34. The largest absolute Gasteiger partial charge is 0.332 e. The minimum atomic E-state index is 0.603. The molecule has 52 valence electrons. The zero-order valence-corrected chi connectivity index (χ0v) is 5.91. The second-order valence-corrected chi connectivity index (χ2v) is 2.21. The summed E-state index contributed by atoms with van der Waals surface area (Å²) in [6.07, 6.45) is 5.58. The van der Waals surface area contributed by atoms with Gasteiger partial charge in [-0.05, 0) is 6.92 Å². The first kappa shape index (κ1) is 6.69. The van der Waals surface area contributed by atoms with Crippen LogP contribution < -0.4 is 0 Å². The monoisotopic (exact) mass is 135 g/mol. The van der Waals surface area contributed by atoms with Crippen LogP contribution in [-0.2, 0) is 0 Å². The highest BCUT2D eigenvalue weighted by molar-refractivity contribution is 5.05. The topological polar surface area (TPSA) is 30.3 Å². The van der Waals surface area contributed by atoms with Crippen molar-refractivity contribution in [1.29, 1.82) is 5.26 Å². The van der Waals surface area contributed by atoms with Gasteiger partial charge in [0.1, 0.15) is 6.67 Å². The highest BCUT2D eigenvalue weighted by Gasteiger charge is 2.10. The van der Waals surface area contributed by atoms with E-state index in [2.05, 4.69) is 6.58 Å². The van der Waals surface area contributed by atoms with Gasteiger partial charge >= 0.3 is 0 Å². The number of hydrogen-bond donors (Lipinski definition) is 0. The van der Waals surface area contributed by atoms with E-state index < -0.39 is 0 Å². The van der Waals surface area contributed by atoms with Crippen LogP contribution >= 0.6 is 0 Å². The third-order valence-electron chi connectivity index (χ3n) is 1.35. The normalized spacial score (nSPS) is 15.6. The molecule has 0 aromatic heterocycles. The molecule has 3 heteroatoms. The van der Waals surface area contributed by atoms with E-state index in [-0.39, 0.29) is 0 Å². The molecular weight excluding hydrogens is 126 g/mol. The van der Waals surface area contributed by atoms with E-state index in [1.165, 1.54) is 4.90 Å². The molecule has 0 aromatic rings. The van der Waals surface area contributed by atoms with Crippen molar-refractivity contribution in [2.75, 3.05) is 6.67 Å². The van der Waals surface area contributed by atoms with Gasteiger partial charge in [-0.1, -0.05) is 6.58 Å². The molecule has 1 aliphatic rings. The van der Waals surface area contributed by atoms with Gasteiger partial charge < -0.3 is 4.90 Å². The van der Waals surface area contributed by atoms with Crippen LogP contribution in [0.5, 0.6) is 0 Å². The number of nitriles is 1. The van der Waals surface area contributed by atoms with Gasteiger partial charge in [0.2, 0.25) is 0 Å². The van der Waals surface area contributed by atoms with Gasteiger partial charge in [-0.2, -0.15) is 5.26 Å². The second kappa shape index (κ2) is 2.44. The zero-order chi connectivity index (χ0) is 7.56. The van der Waals surface area contributed by atoms with Gasteiger partial charge in [-0.25, -0.2) is 0 Å². The van der Waals surface area contributed by atoms with Crippen molar-refractivity contribution in [2.24, 2.45) is 0 Å². The molecule has 0 N–H and O–H groups in total. The Morgan fingerprint density at radius 2 is 2.40 bits per heavy atom. The van der Waals surface area contributed by atoms with Crippen molar-refractivity contribution < 1.29 is 0 Å². The summed E-state index contributed by atoms with van der Waals surface area (Å²) in [6.45, 7) is 6.26. The van der Waals surface area contributed by atoms with E-state index in [9.17, 15) is 0 Å². The average molecular weight is 135 g/mol. The molecule has 0 fully saturated rings. The van der Waals surface area contributed by atoms with E-state index in [0.717, 1.165) is 5.70 Å². The molecule has 3 nitrogen and oxygen atoms in total. The first-order valence-electron chi connectivity index (χ1n) is 3.01. The van der Waals surface area contributed by atoms with E-state index in [0.29, 0.717) is 6.67 Å². The Kier molecular flexibility index (Phi) is 1.63. The fraction of sp³-hybridized carbons (Fsp3) is 0.286. The number of allylic oxidation sites excluding steroid dienone is 1. The second-order valence-electron chi connectivity index (χ2n) is 2.21. The fourth-order valence-electron chi connectivity index (χ4n) is 0.732. The Labute approximate surface area is 60.5 Å². The summed E-state index contributed by atoms with van der Waals surface area (Å²) in [5.41, 5.74) is 0.953. The van der Waals surface area contributed by atoms with Gasteiger partial charge in [-0.15, -0.1) is 0 Å². The van der Waals surface area contributed by atoms with Gasteiger partial charge in [0.05, 0.1) is 0 Å². The van der Waals surface area contributed by atoms with Gasteiger partial charge in [0.15, 0.2) is 6.19 Å². The molecule has 0 spiro atoms. The molecule has 10 heavy (non-hydrogen) atoms. The smallest absolute Gasteiger partial charge is 0.185 e. The van der Waals surface area contributed by atoms with E-state index in [4.69, 9.17) is 5.26 Å². The number of rotatable bonds is 1. The fourth-order valence-corrected chi connectivity index (χ4v) is 0.732. The Morgan fingerprint density at radius 1 is 1.70 bits per heavy atom. The molecule has 0 aromatic carbocycles. The Balaban J connectivity index is 2.55. The SMILES string of the molecule is C=C(C)N1C=CN(C#N)C1. The van der Waals surface area contributed by atoms with Crippen molar-refractivity contribution in [3.63, 3.8) is 0 Å². The minimum absolute atomic E-state index is 0.603. The molecule has 0 saturated heterocycles. The molecule has 0 saturated carbocycles. The lowest BCUT2D eigenvalue weighted by Crippen LogP contribution is -2.19. The maximum Gasteiger partial charge on any atom is 0.185 e. The van der Waals surface area contributed by atoms with Gasteiger partial charge in [0, 0.05) is 18.1 Å². The predicted molar refractivity (Wildman–Crippen MR) is 38.1 cm³/mol. The van der Waals surface area contributed by atoms with Gasteiger partial charge in [-0.3, -0.25) is 4.90 Å². The first-order chi connectivity index (χ1) is 4.74. The molecule has 0 atom stereocenters. The van der Waals surface area contributed by atoms with Crippen LogP contribution in [0, 0.1) is 11.5 Å². The van der Waals surface area contributed by atoms with Crippen LogP contribution in [0.4, 0.5) is 0 Å². The molecule has 0 amide bonds. The summed E-state index contributed by atoms with van der Waals surface area (Å²) in [6, 6.07) is 0. The maximum atomic E-state index is 8.43. The third kappa shape index (κ3) is 1.11. The Hall–Kier alpha value is -1.43. The van der Waals surface area contributed by atoms with E-state index >= 15 is 0 Å². The lowest BCUT2D eigenvalue weighted by Gasteiger charge is -2.15. The molecule has 1 heterocycles. The lowest BCUT2D eigenvalue weighted by atomic mass is 10.5. The van der Waals surface area contributed by atoms with Gasteiger partial charge in [0.25, 0.3) is 0 Å². The minimum Gasteiger partial charge on any atom is -0.332 e. The highest BCUT2D eigenvalue weighted by atomic mass is 15.3. The van der Waals surface area contributed by atoms with Crippen LogP contribution in [0.15, 0.2) is 24.7 Å². The van der Waals surface area contributed by atoms with Crippen LogP contribution in [0.1, 0.15) is 6.92 Å². The quantitative estimate of drug-likeness (QED) is 0.503. The lowest BCUT2D eigenvalue weighted by molar-refractivity contribution is 0.381. The summed E-state index contributed by atoms with van der Waals surface area (Å²) in [5, 5.41) is 8.43. The van der Waals surface area contributed by atoms with Crippen molar-refractivity contribution in [2.45, 2.75) is 6.92 Å². The molecular formula is C7H9N3. The standard InChI is InChI=1S/C7H9N3/c1-7(2)10-4-3-9(5-8)6-10/h3-4H,1,6H2,2H3. The summed E-state index contributed by atoms with van der Waals surface area (Å²) in [7, 11) is 0. The molecule has 1 rings (SSSR count). The van der Waals surface area contributed by atoms with Crippen LogP contribution in [0.2, 0.25) is 0 Å². The maximum absolute atomic E-state index is 8.43. The number of hydrogen-bond acceptors (Lipinski definition) is 3. The van der Waals surface area contributed by atoms with Crippen molar-refractivity contribution in [3.05, 3.63) is 24.7 Å². The van der Waals surface area contributed by atoms with E-state index in [1.54, 1.807) is 6.20 Å². The zero-order valence-electron chi connectivity index (χ0n) is 5.91. The van der Waals surface area contributed by atoms with Crippen LogP contribution in [-0.4, -0.2) is 16.5 Å². The summed E-state index contributed by atoms with van der Waals surface area (Å²) in [5.74, 6) is 0. The highest BCUT2D eigenvalue weighted by Crippen LogP contribution is 2.09. The summed E-state index contributed by atoms with van der Waals surface area (Å²) >= 11 is 0. The Morgan fingerprint density at radius 3 is 2.70 bits per heavy atom. The van der Waals surface area contributed by atoms with Crippen LogP contribution in [0.25, 0.3) is 0 Å². The summed E-state index contributed by atoms with van der Waals surface area (Å²) < 4.78 is 0. The third-order valence-corrected chi connectivity index (χ3v) is 1.35. The molecule has 0 bridgehead atoms. The first-order valence-corrected chi connectivity index (χ1v) is 3.01. The molecule has 1 aliphatic heterocycles. The van der Waals surface area contributed by atoms with Crippen molar-refractivity contribution in [1.82, 2.24) is 9.80 Å². The van der Waals surface area contributed by atoms with E-state index in [1.807, 2.05) is 24.2 Å². The van der Waals surface area contributed by atoms with Crippen molar-refractivity contribution >= 4 is 0 Å². The van der Waals surface area contributed by atoms with Crippen molar-refractivity contribution in [3.8, 4) is 6.19 Å². The van der Waals surface area contributed by atoms with Crippen LogP contribution in [0.3, 0.4) is 0 Å². The number of nitrogens with zero attached hydrogens (tertiary/aromatic N) is 3. The molecule has 0 aliphatic carbocycles.